The van der Waals surface area contributed by atoms with Gasteiger partial charge in [0.15, 0.2) is 0 Å². The minimum Gasteiger partial charge on any atom is -0.273 e. The topological polar surface area (TPSA) is 58.2 Å². The van der Waals surface area contributed by atoms with Gasteiger partial charge in [0.1, 0.15) is 0 Å². The Bertz CT molecular complexity index is 621. The van der Waals surface area contributed by atoms with E-state index in [4.69, 9.17) is 0 Å². The lowest BCUT2D eigenvalue weighted by Gasteiger charge is -2.07. The van der Waals surface area contributed by atoms with Crippen LogP contribution in [0.3, 0.4) is 0 Å². The molecule has 2 aromatic carbocycles. The molecule has 0 bridgehead atoms. The molecule has 114 valence electrons. The number of nitrogens with one attached hydrogen (secondary N) is 2. The molecule has 2 amide bonds. The molecule has 2 N–H and O–H groups in total. The highest BCUT2D eigenvalue weighted by molar-refractivity contribution is 5.95. The number of hydrazine groups is 1. The summed E-state index contributed by atoms with van der Waals surface area (Å²) in [6.45, 7) is 2.11. The zero-order valence-corrected chi connectivity index (χ0v) is 12.6. The van der Waals surface area contributed by atoms with Crippen molar-refractivity contribution >= 4 is 11.8 Å². The lowest BCUT2D eigenvalue weighted by atomic mass is 10.1. The minimum atomic E-state index is -0.318. The van der Waals surface area contributed by atoms with Gasteiger partial charge in [0.25, 0.3) is 5.91 Å². The van der Waals surface area contributed by atoms with E-state index in [2.05, 4.69) is 29.9 Å². The quantitative estimate of drug-likeness (QED) is 0.833. The fraction of sp³-hybridized carbons (Fsp3) is 0.222. The van der Waals surface area contributed by atoms with Crippen molar-refractivity contribution in [2.45, 2.75) is 26.2 Å². The Morgan fingerprint density at radius 1 is 0.864 bits per heavy atom. The highest BCUT2D eigenvalue weighted by Crippen LogP contribution is 2.07. The number of carbonyl (C=O) groups is 2. The van der Waals surface area contributed by atoms with Crippen LogP contribution >= 0.6 is 0 Å². The van der Waals surface area contributed by atoms with Crippen molar-refractivity contribution in [3.8, 4) is 0 Å². The van der Waals surface area contributed by atoms with E-state index in [0.29, 0.717) is 18.4 Å². The molecule has 0 unspecified atom stereocenters. The first kappa shape index (κ1) is 15.8. The van der Waals surface area contributed by atoms with Crippen LogP contribution in [-0.4, -0.2) is 11.8 Å². The average Bonchev–Trinajstić information content (AvgIpc) is 2.59. The van der Waals surface area contributed by atoms with E-state index in [0.717, 1.165) is 12.0 Å². The molecule has 4 heteroatoms. The Morgan fingerprint density at radius 3 is 2.14 bits per heavy atom. The van der Waals surface area contributed by atoms with Crippen molar-refractivity contribution in [3.05, 3.63) is 71.3 Å². The van der Waals surface area contributed by atoms with Crippen LogP contribution in [-0.2, 0) is 17.6 Å². The summed E-state index contributed by atoms with van der Waals surface area (Å²) in [5.41, 5.74) is 7.76. The lowest BCUT2D eigenvalue weighted by Crippen LogP contribution is -2.41. The van der Waals surface area contributed by atoms with Crippen molar-refractivity contribution in [1.29, 1.82) is 0 Å². The summed E-state index contributed by atoms with van der Waals surface area (Å²) in [5, 5.41) is 0. The second-order valence-corrected chi connectivity index (χ2v) is 5.04. The fourth-order valence-corrected chi connectivity index (χ4v) is 2.05. The van der Waals surface area contributed by atoms with E-state index in [1.807, 2.05) is 18.2 Å². The number of aryl methyl sites for hydroxylation is 2. The predicted octanol–water partition coefficient (Wildman–Crippen LogP) is 2.64. The molecule has 0 saturated carbocycles. The first-order valence-corrected chi connectivity index (χ1v) is 7.41. The summed E-state index contributed by atoms with van der Waals surface area (Å²) in [7, 11) is 0. The van der Waals surface area contributed by atoms with Crippen LogP contribution < -0.4 is 10.9 Å². The minimum absolute atomic E-state index is 0.205. The zero-order chi connectivity index (χ0) is 15.8. The lowest BCUT2D eigenvalue weighted by molar-refractivity contribution is -0.121. The van der Waals surface area contributed by atoms with Crippen LogP contribution in [0.25, 0.3) is 0 Å². The van der Waals surface area contributed by atoms with Gasteiger partial charge in [0.2, 0.25) is 5.91 Å². The zero-order valence-electron chi connectivity index (χ0n) is 12.6. The molecule has 0 aliphatic rings. The van der Waals surface area contributed by atoms with Crippen molar-refractivity contribution in [1.82, 2.24) is 10.9 Å². The molecule has 0 radical (unpaired) electrons. The Kier molecular flexibility index (Phi) is 5.72. The molecular weight excluding hydrogens is 276 g/mol. The van der Waals surface area contributed by atoms with Crippen LogP contribution in [0.4, 0.5) is 0 Å². The van der Waals surface area contributed by atoms with Crippen LogP contribution in [0.2, 0.25) is 0 Å². The number of carbonyl (C=O) groups excluding carboxylic acids is 2. The number of amides is 2. The standard InChI is InChI=1S/C18H20N2O2/c1-2-14-8-10-15(11-9-14)12-13-17(21)19-20-18(22)16-6-4-3-5-7-16/h3-11H,2,12-13H2,1H3,(H,19,21)(H,20,22). The van der Waals surface area contributed by atoms with Gasteiger partial charge in [-0.2, -0.15) is 0 Å². The largest absolute Gasteiger partial charge is 0.273 e. The molecule has 2 rings (SSSR count). The number of hydrogen-bond donors (Lipinski definition) is 2. The van der Waals surface area contributed by atoms with Crippen LogP contribution in [0.5, 0.6) is 0 Å². The van der Waals surface area contributed by atoms with Gasteiger partial charge in [-0.3, -0.25) is 20.4 Å². The van der Waals surface area contributed by atoms with E-state index in [1.54, 1.807) is 24.3 Å². The first-order chi connectivity index (χ1) is 10.7. The second-order valence-electron chi connectivity index (χ2n) is 5.04. The number of rotatable bonds is 5. The molecule has 0 fully saturated rings. The maximum atomic E-state index is 11.8. The maximum absolute atomic E-state index is 11.8. The van der Waals surface area contributed by atoms with Crippen LogP contribution in [0.15, 0.2) is 54.6 Å². The molecule has 4 nitrogen and oxygen atoms in total. The number of hydrogen-bond acceptors (Lipinski definition) is 2. The van der Waals surface area contributed by atoms with Gasteiger partial charge < -0.3 is 0 Å². The Morgan fingerprint density at radius 2 is 1.50 bits per heavy atom. The molecule has 0 heterocycles. The van der Waals surface area contributed by atoms with Crippen molar-refractivity contribution in [2.75, 3.05) is 0 Å². The molecule has 0 aliphatic heterocycles. The second kappa shape index (κ2) is 7.98. The first-order valence-electron chi connectivity index (χ1n) is 7.41. The summed E-state index contributed by atoms with van der Waals surface area (Å²) >= 11 is 0. The van der Waals surface area contributed by atoms with Gasteiger partial charge in [0, 0.05) is 12.0 Å². The van der Waals surface area contributed by atoms with E-state index in [1.165, 1.54) is 5.56 Å². The summed E-state index contributed by atoms with van der Waals surface area (Å²) < 4.78 is 0. The summed E-state index contributed by atoms with van der Waals surface area (Å²) in [5.74, 6) is -0.523. The van der Waals surface area contributed by atoms with Gasteiger partial charge in [-0.25, -0.2) is 0 Å². The molecule has 0 saturated heterocycles. The average molecular weight is 296 g/mol. The number of benzene rings is 2. The van der Waals surface area contributed by atoms with Gasteiger partial charge in [-0.1, -0.05) is 49.4 Å². The third kappa shape index (κ3) is 4.74. The monoisotopic (exact) mass is 296 g/mol. The molecule has 0 aromatic heterocycles. The van der Waals surface area contributed by atoms with E-state index >= 15 is 0 Å². The normalized spacial score (nSPS) is 10.0. The molecular formula is C18H20N2O2. The van der Waals surface area contributed by atoms with Gasteiger partial charge in [-0.15, -0.1) is 0 Å². The van der Waals surface area contributed by atoms with Gasteiger partial charge in [-0.05, 0) is 36.1 Å². The van der Waals surface area contributed by atoms with E-state index in [9.17, 15) is 9.59 Å². The molecule has 0 aliphatic carbocycles. The SMILES string of the molecule is CCc1ccc(CCC(=O)NNC(=O)c2ccccc2)cc1. The maximum Gasteiger partial charge on any atom is 0.269 e. The molecule has 0 spiro atoms. The fourth-order valence-electron chi connectivity index (χ4n) is 2.05. The molecule has 0 atom stereocenters. The third-order valence-electron chi connectivity index (χ3n) is 3.42. The van der Waals surface area contributed by atoms with Crippen LogP contribution in [0, 0.1) is 0 Å². The van der Waals surface area contributed by atoms with E-state index in [-0.39, 0.29) is 11.8 Å². The van der Waals surface area contributed by atoms with Crippen molar-refractivity contribution in [2.24, 2.45) is 0 Å². The summed E-state index contributed by atoms with van der Waals surface area (Å²) in [6, 6.07) is 17.0. The Labute approximate surface area is 130 Å². The van der Waals surface area contributed by atoms with Gasteiger partial charge in [0.05, 0.1) is 0 Å². The predicted molar refractivity (Wildman–Crippen MR) is 86.2 cm³/mol. The van der Waals surface area contributed by atoms with Crippen LogP contribution in [0.1, 0.15) is 34.8 Å². The van der Waals surface area contributed by atoms with Gasteiger partial charge >= 0.3 is 0 Å². The highest BCUT2D eigenvalue weighted by Gasteiger charge is 2.06. The smallest absolute Gasteiger partial charge is 0.269 e. The van der Waals surface area contributed by atoms with Crippen molar-refractivity contribution < 1.29 is 9.59 Å². The van der Waals surface area contributed by atoms with E-state index < -0.39 is 0 Å². The summed E-state index contributed by atoms with van der Waals surface area (Å²) in [6.07, 6.45) is 1.99. The summed E-state index contributed by atoms with van der Waals surface area (Å²) in [4.78, 5) is 23.5. The Hall–Kier alpha value is -2.62. The Balaban J connectivity index is 1.74. The third-order valence-corrected chi connectivity index (χ3v) is 3.42. The highest BCUT2D eigenvalue weighted by atomic mass is 16.2. The van der Waals surface area contributed by atoms with Crippen molar-refractivity contribution in [3.63, 3.8) is 0 Å². The molecule has 22 heavy (non-hydrogen) atoms. The molecule has 2 aromatic rings.